The Morgan fingerprint density at radius 1 is 0.733 bits per heavy atom. The number of hydrogen-bond acceptors (Lipinski definition) is 6. The Hall–Kier alpha value is -3.18. The summed E-state index contributed by atoms with van der Waals surface area (Å²) >= 11 is 0. The van der Waals surface area contributed by atoms with Gasteiger partial charge in [-0.2, -0.15) is 0 Å². The number of rotatable bonds is 8. The molecule has 0 amide bonds. The molecule has 0 saturated heterocycles. The van der Waals surface area contributed by atoms with Gasteiger partial charge in [-0.3, -0.25) is 9.05 Å². The summed E-state index contributed by atoms with van der Waals surface area (Å²) in [5.41, 5.74) is 1.49. The van der Waals surface area contributed by atoms with Crippen molar-refractivity contribution >= 4 is 18.8 Å². The van der Waals surface area contributed by atoms with Gasteiger partial charge in [0.25, 0.3) is 0 Å². The summed E-state index contributed by atoms with van der Waals surface area (Å²) in [5, 5.41) is 0.715. The van der Waals surface area contributed by atoms with Crippen LogP contribution in [-0.2, 0) is 26.8 Å². The van der Waals surface area contributed by atoms with E-state index in [0.29, 0.717) is 11.0 Å². The molecule has 0 radical (unpaired) electrons. The van der Waals surface area contributed by atoms with E-state index in [-0.39, 0.29) is 19.0 Å². The monoisotopic (exact) mass is 422 g/mol. The molecular weight excluding hydrogens is 403 g/mol. The van der Waals surface area contributed by atoms with Crippen LogP contribution in [0.4, 0.5) is 0 Å². The molecule has 0 unspecified atom stereocenters. The maximum absolute atomic E-state index is 13.4. The molecule has 4 rings (SSSR count). The summed E-state index contributed by atoms with van der Waals surface area (Å²) in [5.74, 6) is 0.210. The van der Waals surface area contributed by atoms with E-state index in [0.717, 1.165) is 11.1 Å². The second-order valence-electron chi connectivity index (χ2n) is 6.51. The molecule has 0 saturated carbocycles. The van der Waals surface area contributed by atoms with Gasteiger partial charge in [0, 0.05) is 17.5 Å². The van der Waals surface area contributed by atoms with Gasteiger partial charge < -0.3 is 8.94 Å². The molecule has 4 aromatic rings. The number of hydrogen-bond donors (Lipinski definition) is 0. The summed E-state index contributed by atoms with van der Waals surface area (Å²) in [6.07, 6.45) is 0. The van der Waals surface area contributed by atoms with Crippen molar-refractivity contribution in [3.05, 3.63) is 113 Å². The van der Waals surface area contributed by atoms with Gasteiger partial charge in [-0.1, -0.05) is 60.7 Å². The van der Waals surface area contributed by atoms with E-state index < -0.39 is 13.4 Å². The third-order valence-electron chi connectivity index (χ3n) is 4.28. The minimum Gasteiger partial charge on any atom is -0.423 e. The summed E-state index contributed by atoms with van der Waals surface area (Å²) in [7, 11) is -3.98. The summed E-state index contributed by atoms with van der Waals surface area (Å²) in [6, 6.07) is 26.4. The molecule has 0 spiro atoms. The Morgan fingerprint density at radius 3 is 1.90 bits per heavy atom. The lowest BCUT2D eigenvalue weighted by Gasteiger charge is -2.19. The molecular formula is C23H19O6P. The zero-order chi connectivity index (χ0) is 20.8. The summed E-state index contributed by atoms with van der Waals surface area (Å²) in [6.45, 7) is 0.102. The minimum atomic E-state index is -3.98. The highest BCUT2D eigenvalue weighted by Gasteiger charge is 2.29. The van der Waals surface area contributed by atoms with Crippen LogP contribution < -0.4 is 10.1 Å². The molecule has 152 valence electrons. The van der Waals surface area contributed by atoms with E-state index in [4.69, 9.17) is 18.0 Å². The fourth-order valence-corrected chi connectivity index (χ4v) is 3.94. The number of fused-ring (bicyclic) bond motifs is 1. The van der Waals surface area contributed by atoms with E-state index in [1.54, 1.807) is 18.2 Å². The Morgan fingerprint density at radius 2 is 1.30 bits per heavy atom. The molecule has 0 aliphatic rings. The highest BCUT2D eigenvalue weighted by Crippen LogP contribution is 2.51. The molecule has 0 aliphatic heterocycles. The molecule has 0 N–H and O–H groups in total. The van der Waals surface area contributed by atoms with Gasteiger partial charge in [0.1, 0.15) is 11.3 Å². The maximum atomic E-state index is 13.4. The zero-order valence-corrected chi connectivity index (χ0v) is 16.9. The first kappa shape index (κ1) is 20.1. The second kappa shape index (κ2) is 9.09. The van der Waals surface area contributed by atoms with Crippen LogP contribution in [0.3, 0.4) is 0 Å². The van der Waals surface area contributed by atoms with Gasteiger partial charge in [-0.15, -0.1) is 0 Å². The van der Waals surface area contributed by atoms with Crippen molar-refractivity contribution in [2.75, 3.05) is 0 Å². The molecule has 0 bridgehead atoms. The maximum Gasteiger partial charge on any atom is 0.530 e. The van der Waals surface area contributed by atoms with E-state index in [1.165, 1.54) is 12.1 Å². The number of benzene rings is 3. The van der Waals surface area contributed by atoms with Crippen LogP contribution in [0.2, 0.25) is 0 Å². The predicted octanol–water partition coefficient (Wildman–Crippen LogP) is 5.71. The van der Waals surface area contributed by atoms with Crippen LogP contribution in [0, 0.1) is 0 Å². The molecule has 0 atom stereocenters. The van der Waals surface area contributed by atoms with E-state index in [1.807, 2.05) is 60.7 Å². The van der Waals surface area contributed by atoms with Crippen molar-refractivity contribution in [2.24, 2.45) is 0 Å². The number of phosphoric ester groups is 1. The Kier molecular flexibility index (Phi) is 6.10. The normalized spacial score (nSPS) is 11.5. The Bertz CT molecular complexity index is 1170. The average Bonchev–Trinajstić information content (AvgIpc) is 2.78. The van der Waals surface area contributed by atoms with E-state index in [9.17, 15) is 9.36 Å². The molecule has 30 heavy (non-hydrogen) atoms. The van der Waals surface area contributed by atoms with Crippen LogP contribution in [-0.4, -0.2) is 0 Å². The Balaban J connectivity index is 1.56. The third kappa shape index (κ3) is 5.24. The van der Waals surface area contributed by atoms with Crippen molar-refractivity contribution in [1.82, 2.24) is 0 Å². The van der Waals surface area contributed by atoms with Crippen LogP contribution >= 0.6 is 7.82 Å². The minimum absolute atomic E-state index is 0.0512. The van der Waals surface area contributed by atoms with Gasteiger partial charge in [0.05, 0.1) is 13.2 Å². The van der Waals surface area contributed by atoms with Crippen LogP contribution in [0.25, 0.3) is 11.0 Å². The molecule has 0 fully saturated rings. The fourth-order valence-electron chi connectivity index (χ4n) is 2.77. The first-order valence-electron chi connectivity index (χ1n) is 9.30. The highest BCUT2D eigenvalue weighted by molar-refractivity contribution is 7.48. The zero-order valence-electron chi connectivity index (χ0n) is 16.0. The quantitative estimate of drug-likeness (QED) is 0.267. The molecule has 1 heterocycles. The Labute approximate surface area is 173 Å². The molecule has 6 nitrogen and oxygen atoms in total. The third-order valence-corrected chi connectivity index (χ3v) is 5.60. The first-order valence-corrected chi connectivity index (χ1v) is 10.8. The van der Waals surface area contributed by atoms with Crippen molar-refractivity contribution < 1.29 is 22.6 Å². The fraction of sp³-hybridized carbons (Fsp3) is 0.0870. The van der Waals surface area contributed by atoms with E-state index in [2.05, 4.69) is 0 Å². The molecule has 0 aliphatic carbocycles. The SMILES string of the molecule is O=c1ccc2ccc(OP(=O)(OCc3ccccc3)OCc3ccccc3)cc2o1. The summed E-state index contributed by atoms with van der Waals surface area (Å²) < 4.78 is 35.4. The molecule has 1 aromatic heterocycles. The molecule has 3 aromatic carbocycles. The first-order chi connectivity index (χ1) is 14.6. The predicted molar refractivity (Wildman–Crippen MR) is 113 cm³/mol. The lowest BCUT2D eigenvalue weighted by Crippen LogP contribution is -2.04. The van der Waals surface area contributed by atoms with Gasteiger partial charge in [0.15, 0.2) is 0 Å². The largest absolute Gasteiger partial charge is 0.530 e. The second-order valence-corrected chi connectivity index (χ2v) is 8.10. The van der Waals surface area contributed by atoms with Gasteiger partial charge in [0.2, 0.25) is 0 Å². The highest BCUT2D eigenvalue weighted by atomic mass is 31.2. The van der Waals surface area contributed by atoms with Gasteiger partial charge in [-0.05, 0) is 29.3 Å². The molecule has 7 heteroatoms. The lowest BCUT2D eigenvalue weighted by atomic mass is 10.2. The lowest BCUT2D eigenvalue weighted by molar-refractivity contribution is 0.143. The summed E-state index contributed by atoms with van der Waals surface area (Å²) in [4.78, 5) is 11.5. The smallest absolute Gasteiger partial charge is 0.423 e. The number of phosphoric acid groups is 1. The topological polar surface area (TPSA) is 75.0 Å². The van der Waals surface area contributed by atoms with Crippen LogP contribution in [0.5, 0.6) is 5.75 Å². The van der Waals surface area contributed by atoms with E-state index >= 15 is 0 Å². The van der Waals surface area contributed by atoms with Crippen LogP contribution in [0.15, 0.2) is 100 Å². The van der Waals surface area contributed by atoms with Crippen molar-refractivity contribution in [3.8, 4) is 5.75 Å². The van der Waals surface area contributed by atoms with Crippen molar-refractivity contribution in [1.29, 1.82) is 0 Å². The standard InChI is InChI=1S/C23H19O6P/c24-23-14-12-20-11-13-21(15-22(20)28-23)29-30(25,26-16-18-7-3-1-4-8-18)27-17-19-9-5-2-6-10-19/h1-15H,16-17H2. The van der Waals surface area contributed by atoms with Gasteiger partial charge in [-0.25, -0.2) is 9.36 Å². The average molecular weight is 422 g/mol. The van der Waals surface area contributed by atoms with Crippen LogP contribution in [0.1, 0.15) is 11.1 Å². The van der Waals surface area contributed by atoms with Crippen molar-refractivity contribution in [3.63, 3.8) is 0 Å². The van der Waals surface area contributed by atoms with Crippen molar-refractivity contribution in [2.45, 2.75) is 13.2 Å². The van der Waals surface area contributed by atoms with Gasteiger partial charge >= 0.3 is 13.4 Å².